The van der Waals surface area contributed by atoms with E-state index in [4.69, 9.17) is 19.4 Å². The van der Waals surface area contributed by atoms with Crippen LogP contribution >= 0.6 is 0 Å². The van der Waals surface area contributed by atoms with Crippen molar-refractivity contribution in [2.45, 2.75) is 32.1 Å². The molecule has 0 aliphatic carbocycles. The van der Waals surface area contributed by atoms with Gasteiger partial charge in [-0.05, 0) is 24.8 Å². The topological polar surface area (TPSA) is 106 Å². The number of aliphatic carboxylic acids is 1. The van der Waals surface area contributed by atoms with Crippen molar-refractivity contribution in [1.29, 1.82) is 0 Å². The second-order valence-corrected chi connectivity index (χ2v) is 7.66. The number of hydrogen-bond donors (Lipinski definition) is 2. The molecule has 2 aliphatic rings. The molecule has 1 aromatic rings. The zero-order chi connectivity index (χ0) is 22.9. The minimum absolute atomic E-state index is 0.0570. The van der Waals surface area contributed by atoms with Crippen LogP contribution in [0.2, 0.25) is 0 Å². The number of methoxy groups -OCH3 is 1. The van der Waals surface area contributed by atoms with Crippen LogP contribution in [0.4, 0.5) is 13.2 Å². The van der Waals surface area contributed by atoms with Gasteiger partial charge in [0, 0.05) is 65.2 Å². The van der Waals surface area contributed by atoms with Gasteiger partial charge in [0.1, 0.15) is 6.61 Å². The van der Waals surface area contributed by atoms with E-state index in [2.05, 4.69) is 26.1 Å². The van der Waals surface area contributed by atoms with Crippen molar-refractivity contribution in [2.75, 3.05) is 46.6 Å². The molecule has 0 saturated carbocycles. The van der Waals surface area contributed by atoms with Gasteiger partial charge in [0.2, 0.25) is 5.91 Å². The van der Waals surface area contributed by atoms with Crippen molar-refractivity contribution >= 4 is 11.9 Å². The summed E-state index contributed by atoms with van der Waals surface area (Å²) in [5.41, 5.74) is 1.26. The van der Waals surface area contributed by atoms with Gasteiger partial charge in [0.15, 0.2) is 0 Å². The van der Waals surface area contributed by atoms with E-state index in [-0.39, 0.29) is 12.5 Å². The minimum Gasteiger partial charge on any atom is -0.475 e. The Kier molecular flexibility index (Phi) is 9.72. The summed E-state index contributed by atoms with van der Waals surface area (Å²) in [4.78, 5) is 23.1. The lowest BCUT2D eigenvalue weighted by Gasteiger charge is -2.30. The molecule has 1 aromatic heterocycles. The summed E-state index contributed by atoms with van der Waals surface area (Å²) in [5, 5.41) is 14.5. The van der Waals surface area contributed by atoms with Crippen LogP contribution < -0.4 is 5.32 Å². The van der Waals surface area contributed by atoms with Crippen molar-refractivity contribution in [3.63, 3.8) is 0 Å². The van der Waals surface area contributed by atoms with Crippen molar-refractivity contribution in [3.8, 4) is 0 Å². The Morgan fingerprint density at radius 2 is 1.97 bits per heavy atom. The van der Waals surface area contributed by atoms with E-state index in [0.717, 1.165) is 52.2 Å². The largest absolute Gasteiger partial charge is 0.490 e. The zero-order valence-corrected chi connectivity index (χ0v) is 17.4. The number of alkyl halides is 3. The van der Waals surface area contributed by atoms with Crippen LogP contribution in [0.3, 0.4) is 0 Å². The van der Waals surface area contributed by atoms with Gasteiger partial charge in [0.25, 0.3) is 0 Å². The summed E-state index contributed by atoms with van der Waals surface area (Å²) in [5.74, 6) is -1.75. The summed E-state index contributed by atoms with van der Waals surface area (Å²) in [6, 6.07) is 2.10. The SMILES string of the molecule is COCC(=O)NCC1CN(CC2CCOCC2)Cc2ccnn2C1.O=C(O)C(F)(F)F. The number of hydrogen-bond acceptors (Lipinski definition) is 6. The number of amides is 1. The summed E-state index contributed by atoms with van der Waals surface area (Å²) < 4.78 is 44.2. The first-order valence-corrected chi connectivity index (χ1v) is 10.1. The lowest BCUT2D eigenvalue weighted by molar-refractivity contribution is -0.192. The molecule has 1 unspecified atom stereocenters. The average Bonchev–Trinajstić information content (AvgIpc) is 3.06. The standard InChI is InChI=1S/C17H28N4O3.C2HF3O2/c1-23-13-17(22)18-8-15-10-20(9-14-3-6-24-7-4-14)12-16-2-5-19-21(16)11-15;3-2(4,5)1(6)7/h2,5,14-15H,3-4,6-13H2,1H3,(H,18,22);(H,6,7). The Balaban J connectivity index is 0.000000423. The Morgan fingerprint density at radius 3 is 2.58 bits per heavy atom. The molecule has 1 amide bonds. The lowest BCUT2D eigenvalue weighted by Crippen LogP contribution is -2.39. The minimum atomic E-state index is -5.08. The predicted molar refractivity (Wildman–Crippen MR) is 103 cm³/mol. The zero-order valence-electron chi connectivity index (χ0n) is 17.4. The number of nitrogens with zero attached hydrogens (tertiary/aromatic N) is 3. The summed E-state index contributed by atoms with van der Waals surface area (Å²) >= 11 is 0. The van der Waals surface area contributed by atoms with E-state index in [1.807, 2.05) is 6.20 Å². The summed E-state index contributed by atoms with van der Waals surface area (Å²) in [6.45, 7) is 6.39. The fourth-order valence-electron chi connectivity index (χ4n) is 3.62. The number of aromatic nitrogens is 2. The van der Waals surface area contributed by atoms with E-state index >= 15 is 0 Å². The second-order valence-electron chi connectivity index (χ2n) is 7.66. The average molecular weight is 450 g/mol. The molecular formula is C19H29F3N4O5. The highest BCUT2D eigenvalue weighted by atomic mass is 19.4. The Bertz CT molecular complexity index is 707. The molecule has 3 heterocycles. The lowest BCUT2D eigenvalue weighted by atomic mass is 9.99. The Labute approximate surface area is 178 Å². The molecule has 1 saturated heterocycles. The number of fused-ring (bicyclic) bond motifs is 1. The molecule has 9 nitrogen and oxygen atoms in total. The molecule has 31 heavy (non-hydrogen) atoms. The van der Waals surface area contributed by atoms with Crippen LogP contribution in [0, 0.1) is 11.8 Å². The molecule has 3 rings (SSSR count). The fourth-order valence-corrected chi connectivity index (χ4v) is 3.62. The molecule has 1 fully saturated rings. The maximum atomic E-state index is 11.7. The van der Waals surface area contributed by atoms with Crippen molar-refractivity contribution in [3.05, 3.63) is 18.0 Å². The molecule has 12 heteroatoms. The monoisotopic (exact) mass is 450 g/mol. The molecule has 0 radical (unpaired) electrons. The number of ether oxygens (including phenoxy) is 2. The van der Waals surface area contributed by atoms with Crippen molar-refractivity contribution < 1.29 is 37.3 Å². The first-order valence-electron chi connectivity index (χ1n) is 10.1. The summed E-state index contributed by atoms with van der Waals surface area (Å²) in [7, 11) is 1.54. The van der Waals surface area contributed by atoms with E-state index in [9.17, 15) is 18.0 Å². The molecular weight excluding hydrogens is 421 g/mol. The van der Waals surface area contributed by atoms with Gasteiger partial charge in [0.05, 0.1) is 5.69 Å². The first-order chi connectivity index (χ1) is 14.7. The number of halogens is 3. The van der Waals surface area contributed by atoms with Crippen LogP contribution in [-0.2, 0) is 32.2 Å². The highest BCUT2D eigenvalue weighted by Crippen LogP contribution is 2.21. The van der Waals surface area contributed by atoms with E-state index in [1.165, 1.54) is 12.8 Å². The van der Waals surface area contributed by atoms with Gasteiger partial charge >= 0.3 is 12.1 Å². The van der Waals surface area contributed by atoms with Gasteiger partial charge < -0.3 is 19.9 Å². The number of carboxylic acids is 1. The number of carbonyl (C=O) groups is 2. The van der Waals surface area contributed by atoms with Gasteiger partial charge in [-0.2, -0.15) is 18.3 Å². The van der Waals surface area contributed by atoms with Crippen LogP contribution in [0.1, 0.15) is 18.5 Å². The van der Waals surface area contributed by atoms with Crippen LogP contribution in [-0.4, -0.2) is 84.4 Å². The fraction of sp³-hybridized carbons (Fsp3) is 0.737. The quantitative estimate of drug-likeness (QED) is 0.670. The molecule has 2 aliphatic heterocycles. The third-order valence-electron chi connectivity index (χ3n) is 5.10. The van der Waals surface area contributed by atoms with Crippen LogP contribution in [0.15, 0.2) is 12.3 Å². The van der Waals surface area contributed by atoms with Gasteiger partial charge in [-0.1, -0.05) is 0 Å². The smallest absolute Gasteiger partial charge is 0.475 e. The van der Waals surface area contributed by atoms with E-state index in [1.54, 1.807) is 0 Å². The van der Waals surface area contributed by atoms with E-state index < -0.39 is 12.1 Å². The Morgan fingerprint density at radius 1 is 1.29 bits per heavy atom. The Hall–Kier alpha value is -2.18. The highest BCUT2D eigenvalue weighted by Gasteiger charge is 2.38. The molecule has 2 N–H and O–H groups in total. The van der Waals surface area contributed by atoms with Crippen LogP contribution in [0.5, 0.6) is 0 Å². The molecule has 1 atom stereocenters. The van der Waals surface area contributed by atoms with Gasteiger partial charge in [-0.15, -0.1) is 0 Å². The molecule has 0 aromatic carbocycles. The van der Waals surface area contributed by atoms with Gasteiger partial charge in [-0.25, -0.2) is 4.79 Å². The maximum Gasteiger partial charge on any atom is 0.490 e. The van der Waals surface area contributed by atoms with Crippen molar-refractivity contribution in [2.24, 2.45) is 11.8 Å². The summed E-state index contributed by atoms with van der Waals surface area (Å²) in [6.07, 6.45) is -0.927. The first kappa shape index (κ1) is 25.1. The highest BCUT2D eigenvalue weighted by molar-refractivity contribution is 5.77. The van der Waals surface area contributed by atoms with Crippen LogP contribution in [0.25, 0.3) is 0 Å². The predicted octanol–water partition coefficient (Wildman–Crippen LogP) is 1.14. The van der Waals surface area contributed by atoms with Gasteiger partial charge in [-0.3, -0.25) is 14.4 Å². The normalized spacial score (nSPS) is 20.2. The van der Waals surface area contributed by atoms with E-state index in [0.29, 0.717) is 18.4 Å². The number of rotatable bonds is 6. The number of carboxylic acid groups (broad SMARTS) is 1. The maximum absolute atomic E-state index is 11.7. The number of carbonyl (C=O) groups excluding carboxylic acids is 1. The second kappa shape index (κ2) is 12.0. The molecule has 0 bridgehead atoms. The third kappa shape index (κ3) is 8.83. The number of nitrogens with one attached hydrogen (secondary N) is 1. The molecule has 0 spiro atoms. The molecule has 176 valence electrons. The third-order valence-corrected chi connectivity index (χ3v) is 5.10. The van der Waals surface area contributed by atoms with Crippen molar-refractivity contribution in [1.82, 2.24) is 20.0 Å².